The van der Waals surface area contributed by atoms with E-state index in [0.29, 0.717) is 0 Å². The number of ether oxygens (including phenoxy) is 2. The van der Waals surface area contributed by atoms with Crippen molar-refractivity contribution in [3.05, 3.63) is 107 Å². The van der Waals surface area contributed by atoms with Crippen LogP contribution in [0.4, 0.5) is 9.59 Å². The molecule has 30 heavy (non-hydrogen) atoms. The molecule has 0 aliphatic heterocycles. The van der Waals surface area contributed by atoms with Crippen LogP contribution in [-0.2, 0) is 29.2 Å². The van der Waals surface area contributed by atoms with Crippen molar-refractivity contribution in [1.82, 2.24) is 10.4 Å². The average molecular weight is 404 g/mol. The molecule has 0 spiro atoms. The molecule has 0 aliphatic carbocycles. The van der Waals surface area contributed by atoms with Gasteiger partial charge >= 0.3 is 12.2 Å². The lowest BCUT2D eigenvalue weighted by Crippen LogP contribution is -2.46. The molecule has 3 aromatic rings. The summed E-state index contributed by atoms with van der Waals surface area (Å²) in [6, 6.07) is 26.3. The summed E-state index contributed by atoms with van der Waals surface area (Å²) < 4.78 is 10.6. The van der Waals surface area contributed by atoms with Crippen LogP contribution in [-0.4, -0.2) is 17.2 Å². The second-order valence-corrected chi connectivity index (χ2v) is 6.79. The van der Waals surface area contributed by atoms with Crippen molar-refractivity contribution in [2.75, 3.05) is 0 Å². The van der Waals surface area contributed by atoms with Gasteiger partial charge in [-0.25, -0.2) is 20.0 Å². The van der Waals surface area contributed by atoms with Crippen molar-refractivity contribution in [2.45, 2.75) is 26.7 Å². The SMILES string of the molecule is Cc1ccc(CN(NC(=O)OCc2ccccc2)C(=O)OCc2ccccc2)cc1. The molecule has 0 saturated carbocycles. The van der Waals surface area contributed by atoms with Crippen LogP contribution in [0.2, 0.25) is 0 Å². The molecule has 154 valence electrons. The molecule has 0 atom stereocenters. The maximum Gasteiger partial charge on any atom is 0.429 e. The molecule has 2 amide bonds. The second kappa shape index (κ2) is 10.7. The van der Waals surface area contributed by atoms with Gasteiger partial charge in [0.05, 0.1) is 6.54 Å². The van der Waals surface area contributed by atoms with Gasteiger partial charge in [0.1, 0.15) is 13.2 Å². The summed E-state index contributed by atoms with van der Waals surface area (Å²) in [4.78, 5) is 24.9. The largest absolute Gasteiger partial charge is 0.443 e. The van der Waals surface area contributed by atoms with Crippen molar-refractivity contribution < 1.29 is 19.1 Å². The van der Waals surface area contributed by atoms with Crippen molar-refractivity contribution in [1.29, 1.82) is 0 Å². The van der Waals surface area contributed by atoms with Crippen LogP contribution in [0.15, 0.2) is 84.9 Å². The lowest BCUT2D eigenvalue weighted by atomic mass is 10.1. The number of rotatable bonds is 6. The Bertz CT molecular complexity index is 944. The van der Waals surface area contributed by atoms with Gasteiger partial charge < -0.3 is 9.47 Å². The summed E-state index contributed by atoms with van der Waals surface area (Å²) in [5, 5.41) is 1.11. The quantitative estimate of drug-likeness (QED) is 0.589. The molecule has 6 heteroatoms. The number of hydrazine groups is 1. The average Bonchev–Trinajstić information content (AvgIpc) is 2.78. The number of carbonyl (C=O) groups excluding carboxylic acids is 2. The molecule has 0 aromatic heterocycles. The van der Waals surface area contributed by atoms with Gasteiger partial charge in [0, 0.05) is 0 Å². The van der Waals surface area contributed by atoms with Gasteiger partial charge in [0.15, 0.2) is 0 Å². The lowest BCUT2D eigenvalue weighted by molar-refractivity contribution is 0.0614. The van der Waals surface area contributed by atoms with Crippen molar-refractivity contribution in [2.24, 2.45) is 0 Å². The first-order chi connectivity index (χ1) is 14.6. The van der Waals surface area contributed by atoms with Gasteiger partial charge in [-0.15, -0.1) is 0 Å². The Morgan fingerprint density at radius 1 is 0.733 bits per heavy atom. The van der Waals surface area contributed by atoms with Crippen molar-refractivity contribution in [3.63, 3.8) is 0 Å². The van der Waals surface area contributed by atoms with Crippen LogP contribution >= 0.6 is 0 Å². The zero-order valence-electron chi connectivity index (χ0n) is 16.8. The smallest absolute Gasteiger partial charge is 0.429 e. The molecule has 0 bridgehead atoms. The monoisotopic (exact) mass is 404 g/mol. The molecule has 0 heterocycles. The summed E-state index contributed by atoms with van der Waals surface area (Å²) in [5.41, 5.74) is 6.14. The number of carbonyl (C=O) groups is 2. The van der Waals surface area contributed by atoms with E-state index in [0.717, 1.165) is 27.3 Å². The molecule has 0 aliphatic rings. The third-order valence-corrected chi connectivity index (χ3v) is 4.33. The van der Waals surface area contributed by atoms with E-state index in [1.165, 1.54) is 0 Å². The second-order valence-electron chi connectivity index (χ2n) is 6.79. The molecule has 1 N–H and O–H groups in total. The number of aryl methyl sites for hydroxylation is 1. The minimum atomic E-state index is -0.734. The summed E-state index contributed by atoms with van der Waals surface area (Å²) in [6.45, 7) is 2.33. The normalized spacial score (nSPS) is 10.2. The number of nitrogens with zero attached hydrogens (tertiary/aromatic N) is 1. The van der Waals surface area contributed by atoms with Crippen molar-refractivity contribution >= 4 is 12.2 Å². The number of benzene rings is 3. The number of hydrogen-bond acceptors (Lipinski definition) is 4. The van der Waals surface area contributed by atoms with E-state index in [1.54, 1.807) is 0 Å². The maximum absolute atomic E-state index is 12.6. The highest BCUT2D eigenvalue weighted by Crippen LogP contribution is 2.09. The standard InChI is InChI=1S/C24H24N2O4/c1-19-12-14-20(15-13-19)16-26(24(28)30-18-22-10-6-3-7-11-22)25-23(27)29-17-21-8-4-2-5-9-21/h2-15H,16-18H2,1H3,(H,25,27). The van der Waals surface area contributed by atoms with Gasteiger partial charge in [-0.2, -0.15) is 0 Å². The van der Waals surface area contributed by atoms with E-state index in [4.69, 9.17) is 9.47 Å². The molecular weight excluding hydrogens is 380 g/mol. The molecule has 6 nitrogen and oxygen atoms in total. The molecule has 0 saturated heterocycles. The summed E-state index contributed by atoms with van der Waals surface area (Å²) in [6.07, 6.45) is -1.40. The number of amides is 2. The highest BCUT2D eigenvalue weighted by atomic mass is 16.6. The summed E-state index contributed by atoms with van der Waals surface area (Å²) in [7, 11) is 0. The van der Waals surface area contributed by atoms with Gasteiger partial charge in [0.2, 0.25) is 0 Å². The third-order valence-electron chi connectivity index (χ3n) is 4.33. The Balaban J connectivity index is 1.62. The van der Waals surface area contributed by atoms with Gasteiger partial charge in [-0.3, -0.25) is 0 Å². The van der Waals surface area contributed by atoms with Crippen LogP contribution in [0.3, 0.4) is 0 Å². The lowest BCUT2D eigenvalue weighted by Gasteiger charge is -2.22. The first-order valence-corrected chi connectivity index (χ1v) is 9.61. The number of nitrogens with one attached hydrogen (secondary N) is 1. The Morgan fingerprint density at radius 2 is 1.27 bits per heavy atom. The molecule has 0 unspecified atom stereocenters. The van der Waals surface area contributed by atoms with Crippen molar-refractivity contribution in [3.8, 4) is 0 Å². The Morgan fingerprint density at radius 3 is 1.83 bits per heavy atom. The van der Waals surface area contributed by atoms with E-state index in [2.05, 4.69) is 5.43 Å². The van der Waals surface area contributed by atoms with Crippen LogP contribution in [0.5, 0.6) is 0 Å². The highest BCUT2D eigenvalue weighted by molar-refractivity contribution is 5.74. The summed E-state index contributed by atoms with van der Waals surface area (Å²) >= 11 is 0. The Kier molecular flexibility index (Phi) is 7.44. The van der Waals surface area contributed by atoms with Crippen LogP contribution < -0.4 is 5.43 Å². The molecule has 0 radical (unpaired) electrons. The molecule has 0 fully saturated rings. The highest BCUT2D eigenvalue weighted by Gasteiger charge is 2.19. The topological polar surface area (TPSA) is 67.9 Å². The van der Waals surface area contributed by atoms with Gasteiger partial charge in [0.25, 0.3) is 0 Å². The van der Waals surface area contributed by atoms with E-state index < -0.39 is 12.2 Å². The Labute approximate surface area is 176 Å². The fourth-order valence-corrected chi connectivity index (χ4v) is 2.69. The minimum absolute atomic E-state index is 0.101. The predicted molar refractivity (Wildman–Crippen MR) is 113 cm³/mol. The number of hydrogen-bond donors (Lipinski definition) is 1. The fraction of sp³-hybridized carbons (Fsp3) is 0.167. The first-order valence-electron chi connectivity index (χ1n) is 9.61. The minimum Gasteiger partial charge on any atom is -0.443 e. The Hall–Kier alpha value is -3.80. The van der Waals surface area contributed by atoms with E-state index >= 15 is 0 Å². The van der Waals surface area contributed by atoms with E-state index in [-0.39, 0.29) is 19.8 Å². The van der Waals surface area contributed by atoms with E-state index in [1.807, 2.05) is 91.9 Å². The van der Waals surface area contributed by atoms with Crippen LogP contribution in [0.25, 0.3) is 0 Å². The predicted octanol–water partition coefficient (Wildman–Crippen LogP) is 4.98. The third kappa shape index (κ3) is 6.67. The summed E-state index contributed by atoms with van der Waals surface area (Å²) in [5.74, 6) is 0. The van der Waals surface area contributed by atoms with E-state index in [9.17, 15) is 9.59 Å². The fourth-order valence-electron chi connectivity index (χ4n) is 2.69. The van der Waals surface area contributed by atoms with Gasteiger partial charge in [-0.1, -0.05) is 90.5 Å². The zero-order valence-corrected chi connectivity index (χ0v) is 16.8. The molecular formula is C24H24N2O4. The van der Waals surface area contributed by atoms with Crippen LogP contribution in [0, 0.1) is 6.92 Å². The van der Waals surface area contributed by atoms with Gasteiger partial charge in [-0.05, 0) is 23.6 Å². The molecule has 3 rings (SSSR count). The zero-order chi connectivity index (χ0) is 21.2. The van der Waals surface area contributed by atoms with Crippen LogP contribution in [0.1, 0.15) is 22.3 Å². The molecule has 3 aromatic carbocycles. The maximum atomic E-state index is 12.6. The first kappa shape index (κ1) is 20.9.